The molecule has 1 fully saturated rings. The van der Waals surface area contributed by atoms with Crippen LogP contribution >= 0.6 is 31.9 Å². The van der Waals surface area contributed by atoms with Crippen molar-refractivity contribution in [1.82, 2.24) is 0 Å². The number of halogens is 2. The number of carboxylic acids is 1. The molecule has 4 unspecified atom stereocenters. The Labute approximate surface area is 171 Å². The summed E-state index contributed by atoms with van der Waals surface area (Å²) in [7, 11) is 1.56. The Morgan fingerprint density at radius 1 is 1.33 bits per heavy atom. The molecule has 1 saturated heterocycles. The number of hydrogen-bond acceptors (Lipinski definition) is 6. The maximum absolute atomic E-state index is 12.1. The van der Waals surface area contributed by atoms with Crippen LogP contribution in [-0.4, -0.2) is 46.3 Å². The van der Waals surface area contributed by atoms with E-state index in [9.17, 15) is 19.8 Å². The number of alkyl halides is 1. The highest BCUT2D eigenvalue weighted by Crippen LogP contribution is 2.42. The number of cyclic esters (lactones) is 1. The lowest BCUT2D eigenvalue weighted by atomic mass is 9.97. The van der Waals surface area contributed by atoms with E-state index in [0.717, 1.165) is 15.2 Å². The number of aliphatic hydroxyl groups excluding tert-OH is 1. The normalized spacial score (nSPS) is 26.5. The summed E-state index contributed by atoms with van der Waals surface area (Å²) in [6.45, 7) is 1.66. The van der Waals surface area contributed by atoms with Gasteiger partial charge < -0.3 is 24.4 Å². The molecule has 27 heavy (non-hydrogen) atoms. The monoisotopic (exact) mass is 502 g/mol. The molecule has 9 heteroatoms. The summed E-state index contributed by atoms with van der Waals surface area (Å²) in [5.41, 5.74) is 0.433. The number of esters is 1. The molecule has 0 amide bonds. The van der Waals surface area contributed by atoms with E-state index in [-0.39, 0.29) is 0 Å². The molecule has 0 spiro atoms. The van der Waals surface area contributed by atoms with Gasteiger partial charge in [0.25, 0.3) is 5.79 Å². The van der Waals surface area contributed by atoms with Gasteiger partial charge in [0, 0.05) is 5.56 Å². The van der Waals surface area contributed by atoms with E-state index in [1.54, 1.807) is 38.3 Å². The van der Waals surface area contributed by atoms with Crippen LogP contribution in [0.4, 0.5) is 0 Å². The predicted octanol–water partition coefficient (Wildman–Crippen LogP) is 2.93. The summed E-state index contributed by atoms with van der Waals surface area (Å²) in [6, 6.07) is 8.79. The summed E-state index contributed by atoms with van der Waals surface area (Å²) in [6.07, 6.45) is -3.65. The molecule has 3 rings (SSSR count). The second kappa shape index (κ2) is 7.38. The summed E-state index contributed by atoms with van der Waals surface area (Å²) in [5, 5.41) is 20.8. The van der Waals surface area contributed by atoms with Gasteiger partial charge in [-0.05, 0) is 45.8 Å². The fourth-order valence-electron chi connectivity index (χ4n) is 2.97. The van der Waals surface area contributed by atoms with Crippen molar-refractivity contribution in [2.75, 3.05) is 7.11 Å². The second-order valence-electron chi connectivity index (χ2n) is 6.04. The van der Waals surface area contributed by atoms with E-state index in [0.29, 0.717) is 11.3 Å². The minimum Gasteiger partial charge on any atom is -0.496 e. The zero-order valence-corrected chi connectivity index (χ0v) is 17.5. The lowest BCUT2D eigenvalue weighted by molar-refractivity contribution is -0.298. The average Bonchev–Trinajstić information content (AvgIpc) is 2.63. The lowest BCUT2D eigenvalue weighted by Crippen LogP contribution is -2.58. The maximum Gasteiger partial charge on any atom is 0.341 e. The highest BCUT2D eigenvalue weighted by atomic mass is 79.9. The fraction of sp³-hybridized carbons (Fsp3) is 0.333. The van der Waals surface area contributed by atoms with Crippen molar-refractivity contribution in [2.45, 2.75) is 29.7 Å². The number of aliphatic hydroxyl groups is 1. The van der Waals surface area contributed by atoms with Gasteiger partial charge in [-0.1, -0.05) is 34.1 Å². The van der Waals surface area contributed by atoms with Crippen molar-refractivity contribution in [3.05, 3.63) is 40.4 Å². The van der Waals surface area contributed by atoms with Crippen LogP contribution < -0.4 is 4.74 Å². The van der Waals surface area contributed by atoms with Crippen LogP contribution in [0.5, 0.6) is 5.75 Å². The zero-order valence-electron chi connectivity index (χ0n) is 14.3. The second-order valence-corrected chi connectivity index (χ2v) is 8.21. The first-order chi connectivity index (χ1) is 12.7. The average molecular weight is 504 g/mol. The molecular weight excluding hydrogens is 488 g/mol. The fourth-order valence-corrected chi connectivity index (χ4v) is 4.09. The van der Waals surface area contributed by atoms with Gasteiger partial charge in [0.1, 0.15) is 5.75 Å². The molecule has 4 atom stereocenters. The van der Waals surface area contributed by atoms with Crippen molar-refractivity contribution in [1.29, 1.82) is 0 Å². The van der Waals surface area contributed by atoms with Gasteiger partial charge in [-0.15, -0.1) is 0 Å². The van der Waals surface area contributed by atoms with E-state index in [2.05, 4.69) is 31.9 Å². The van der Waals surface area contributed by atoms with E-state index >= 15 is 0 Å². The van der Waals surface area contributed by atoms with Crippen LogP contribution in [0.2, 0.25) is 0 Å². The molecule has 0 bridgehead atoms. The Morgan fingerprint density at radius 3 is 2.63 bits per heavy atom. The third-order valence-corrected chi connectivity index (χ3v) is 5.81. The number of carbonyl (C=O) groups excluding carboxylic acids is 1. The Morgan fingerprint density at radius 2 is 2.04 bits per heavy atom. The Kier molecular flexibility index (Phi) is 5.49. The number of benzene rings is 2. The lowest BCUT2D eigenvalue weighted by Gasteiger charge is -2.42. The standard InChI is InChI=1S/C18H16Br2O7/c1-8(19)18(26-15(16(22)23)14(21)17(24)27-18)10-4-5-11-9(7-10)3-6-12(25-2)13(11)20/h3-8,14-15,21H,1-2H3,(H,22,23). The molecule has 0 aromatic heterocycles. The third kappa shape index (κ3) is 3.33. The highest BCUT2D eigenvalue weighted by molar-refractivity contribution is 9.10. The van der Waals surface area contributed by atoms with Crippen molar-refractivity contribution < 1.29 is 34.0 Å². The minimum atomic E-state index is -1.90. The first-order valence-corrected chi connectivity index (χ1v) is 9.64. The summed E-state index contributed by atoms with van der Waals surface area (Å²) < 4.78 is 17.0. The van der Waals surface area contributed by atoms with Crippen molar-refractivity contribution in [3.63, 3.8) is 0 Å². The van der Waals surface area contributed by atoms with Crippen LogP contribution in [0.15, 0.2) is 34.8 Å². The largest absolute Gasteiger partial charge is 0.496 e. The molecule has 1 aliphatic rings. The first-order valence-electron chi connectivity index (χ1n) is 7.93. The van der Waals surface area contributed by atoms with Crippen molar-refractivity contribution in [3.8, 4) is 5.75 Å². The van der Waals surface area contributed by atoms with Crippen molar-refractivity contribution in [2.24, 2.45) is 0 Å². The van der Waals surface area contributed by atoms with Crippen LogP contribution in [-0.2, 0) is 24.8 Å². The number of carbonyl (C=O) groups is 2. The first kappa shape index (κ1) is 20.1. The smallest absolute Gasteiger partial charge is 0.341 e. The van der Waals surface area contributed by atoms with E-state index in [4.69, 9.17) is 14.2 Å². The van der Waals surface area contributed by atoms with Gasteiger partial charge in [-0.3, -0.25) is 0 Å². The molecule has 0 saturated carbocycles. The molecule has 144 valence electrons. The van der Waals surface area contributed by atoms with E-state index < -0.39 is 34.8 Å². The molecule has 1 heterocycles. The van der Waals surface area contributed by atoms with E-state index in [1.807, 2.05) is 6.07 Å². The maximum atomic E-state index is 12.1. The van der Waals surface area contributed by atoms with Crippen LogP contribution in [0, 0.1) is 0 Å². The number of ether oxygens (including phenoxy) is 3. The van der Waals surface area contributed by atoms with E-state index in [1.165, 1.54) is 0 Å². The summed E-state index contributed by atoms with van der Waals surface area (Å²) in [5.74, 6) is -3.56. The van der Waals surface area contributed by atoms with Crippen LogP contribution in [0.1, 0.15) is 12.5 Å². The molecular formula is C18H16Br2O7. The summed E-state index contributed by atoms with van der Waals surface area (Å²) in [4.78, 5) is 23.0. The molecule has 7 nitrogen and oxygen atoms in total. The number of rotatable bonds is 4. The molecule has 2 aromatic carbocycles. The third-order valence-electron chi connectivity index (χ3n) is 4.39. The van der Waals surface area contributed by atoms with Crippen LogP contribution in [0.25, 0.3) is 10.8 Å². The number of fused-ring (bicyclic) bond motifs is 1. The topological polar surface area (TPSA) is 102 Å². The Hall–Kier alpha value is -1.68. The Bertz CT molecular complexity index is 914. The minimum absolute atomic E-state index is 0.433. The van der Waals surface area contributed by atoms with Gasteiger partial charge >= 0.3 is 11.9 Å². The van der Waals surface area contributed by atoms with Crippen LogP contribution in [0.3, 0.4) is 0 Å². The highest BCUT2D eigenvalue weighted by Gasteiger charge is 2.54. The predicted molar refractivity (Wildman–Crippen MR) is 103 cm³/mol. The van der Waals surface area contributed by atoms with Crippen molar-refractivity contribution >= 4 is 54.6 Å². The number of carboxylic acid groups (broad SMARTS) is 1. The molecule has 0 radical (unpaired) electrons. The molecule has 0 aliphatic carbocycles. The molecule has 2 aromatic rings. The SMILES string of the molecule is COc1ccc2cc(C3(C(C)Br)OC(=O)C(O)C(C(=O)O)O3)ccc2c1Br. The van der Waals surface area contributed by atoms with Gasteiger partial charge in [0.2, 0.25) is 0 Å². The summed E-state index contributed by atoms with van der Waals surface area (Å²) >= 11 is 6.84. The zero-order chi connectivity index (χ0) is 19.9. The molecule has 1 aliphatic heterocycles. The quantitative estimate of drug-likeness (QED) is 0.488. The number of aliphatic carboxylic acids is 1. The molecule has 2 N–H and O–H groups in total. The Balaban J connectivity index is 2.15. The van der Waals surface area contributed by atoms with Gasteiger partial charge in [-0.2, -0.15) is 0 Å². The number of hydrogen-bond donors (Lipinski definition) is 2. The van der Waals surface area contributed by atoms with Gasteiger partial charge in [-0.25, -0.2) is 9.59 Å². The van der Waals surface area contributed by atoms with Gasteiger partial charge in [0.05, 0.1) is 16.4 Å². The van der Waals surface area contributed by atoms with Gasteiger partial charge in [0.15, 0.2) is 12.2 Å². The number of methoxy groups -OCH3 is 1.